The van der Waals surface area contributed by atoms with Crippen molar-refractivity contribution in [3.63, 3.8) is 0 Å². The number of hydrogen-bond donors (Lipinski definition) is 0. The largest absolute Gasteiger partial charge is 0.456 e. The highest BCUT2D eigenvalue weighted by atomic mass is 16.5. The molecular weight excluding hydrogens is 498 g/mol. The van der Waals surface area contributed by atoms with Crippen LogP contribution in [0.25, 0.3) is 66.7 Å². The van der Waals surface area contributed by atoms with Crippen molar-refractivity contribution in [1.82, 2.24) is 4.98 Å². The molecule has 192 valence electrons. The van der Waals surface area contributed by atoms with E-state index in [4.69, 9.17) is 9.72 Å². The lowest BCUT2D eigenvalue weighted by molar-refractivity contribution is 0.487. The van der Waals surface area contributed by atoms with Crippen LogP contribution in [-0.2, 0) is 0 Å². The van der Waals surface area contributed by atoms with Gasteiger partial charge in [0.1, 0.15) is 11.5 Å². The molecule has 0 aliphatic carbocycles. The predicted molar refractivity (Wildman–Crippen MR) is 169 cm³/mol. The van der Waals surface area contributed by atoms with Crippen molar-refractivity contribution in [3.8, 4) is 67.4 Å². The van der Waals surface area contributed by atoms with Crippen molar-refractivity contribution in [2.45, 2.75) is 0 Å². The predicted octanol–water partition coefficient (Wildman–Crippen LogP) is 10.7. The van der Waals surface area contributed by atoms with Gasteiger partial charge in [-0.1, -0.05) is 121 Å². The van der Waals surface area contributed by atoms with Crippen LogP contribution < -0.4 is 4.74 Å². The van der Waals surface area contributed by atoms with Crippen molar-refractivity contribution < 1.29 is 4.74 Å². The van der Waals surface area contributed by atoms with E-state index in [1.165, 1.54) is 22.1 Å². The van der Waals surface area contributed by atoms with Gasteiger partial charge in [0.15, 0.2) is 0 Å². The summed E-state index contributed by atoms with van der Waals surface area (Å²) in [5.74, 6) is 1.81. The van der Waals surface area contributed by atoms with E-state index < -0.39 is 0 Å². The molecule has 0 bridgehead atoms. The number of nitrogens with zero attached hydrogens (tertiary/aromatic N) is 1. The van der Waals surface area contributed by atoms with E-state index in [9.17, 15) is 0 Å². The van der Waals surface area contributed by atoms with Gasteiger partial charge in [-0.25, -0.2) is 4.98 Å². The summed E-state index contributed by atoms with van der Waals surface area (Å²) < 4.78 is 6.33. The molecule has 0 radical (unpaired) electrons. The first-order valence-electron chi connectivity index (χ1n) is 13.9. The smallest absolute Gasteiger partial charge is 0.135 e. The second kappa shape index (κ2) is 9.62. The molecule has 0 spiro atoms. The first kappa shape index (κ1) is 23.4. The maximum atomic E-state index is 6.33. The highest BCUT2D eigenvalue weighted by Gasteiger charge is 2.21. The maximum absolute atomic E-state index is 6.33. The van der Waals surface area contributed by atoms with Crippen LogP contribution in [0.3, 0.4) is 0 Å². The quantitative estimate of drug-likeness (QED) is 0.229. The molecule has 2 heteroatoms. The van der Waals surface area contributed by atoms with Crippen molar-refractivity contribution in [3.05, 3.63) is 152 Å². The molecule has 6 aromatic carbocycles. The molecule has 0 N–H and O–H groups in total. The fourth-order valence-electron chi connectivity index (χ4n) is 5.91. The maximum Gasteiger partial charge on any atom is 0.135 e. The summed E-state index contributed by atoms with van der Waals surface area (Å²) in [5.41, 5.74) is 11.1. The summed E-state index contributed by atoms with van der Waals surface area (Å²) in [7, 11) is 0. The molecule has 0 saturated carbocycles. The summed E-state index contributed by atoms with van der Waals surface area (Å²) in [6, 6.07) is 53.1. The Morgan fingerprint density at radius 3 is 1.83 bits per heavy atom. The first-order valence-corrected chi connectivity index (χ1v) is 13.9. The van der Waals surface area contributed by atoms with Crippen LogP contribution in [0.1, 0.15) is 0 Å². The standard InChI is InChI=1S/C39H25NO/c1-3-11-26(12-4-1)30-24-35(27-13-5-2-6-14-27)40-36(25-30)29-16-9-15-28(23-29)31-21-22-38-39-33(31)18-10-19-34(39)32-17-7-8-20-37(32)41-38/h1-25H. The van der Waals surface area contributed by atoms with Crippen LogP contribution in [0.2, 0.25) is 0 Å². The third kappa shape index (κ3) is 4.09. The number of hydrogen-bond acceptors (Lipinski definition) is 2. The molecule has 1 aliphatic heterocycles. The van der Waals surface area contributed by atoms with Crippen molar-refractivity contribution in [1.29, 1.82) is 0 Å². The Morgan fingerprint density at radius 1 is 0.366 bits per heavy atom. The van der Waals surface area contributed by atoms with Gasteiger partial charge in [0.05, 0.1) is 11.4 Å². The zero-order valence-electron chi connectivity index (χ0n) is 22.3. The van der Waals surface area contributed by atoms with Gasteiger partial charge >= 0.3 is 0 Å². The highest BCUT2D eigenvalue weighted by Crippen LogP contribution is 2.48. The minimum absolute atomic E-state index is 0.902. The molecule has 2 nitrogen and oxygen atoms in total. The van der Waals surface area contributed by atoms with E-state index in [1.807, 2.05) is 18.2 Å². The number of fused-ring (bicyclic) bond motifs is 2. The normalized spacial score (nSPS) is 11.6. The zero-order chi connectivity index (χ0) is 27.2. The topological polar surface area (TPSA) is 22.1 Å². The summed E-state index contributed by atoms with van der Waals surface area (Å²) in [6.45, 7) is 0. The van der Waals surface area contributed by atoms with E-state index in [2.05, 4.69) is 133 Å². The Bertz CT molecular complexity index is 2000. The second-order valence-corrected chi connectivity index (χ2v) is 10.4. The number of aromatic nitrogens is 1. The first-order chi connectivity index (χ1) is 20.3. The van der Waals surface area contributed by atoms with Crippen molar-refractivity contribution >= 4 is 10.8 Å². The summed E-state index contributed by atoms with van der Waals surface area (Å²) >= 11 is 0. The average molecular weight is 524 g/mol. The van der Waals surface area contributed by atoms with Crippen LogP contribution in [0.4, 0.5) is 0 Å². The third-order valence-corrected chi connectivity index (χ3v) is 7.87. The van der Waals surface area contributed by atoms with Gasteiger partial charge in [-0.05, 0) is 63.5 Å². The minimum atomic E-state index is 0.902. The molecule has 41 heavy (non-hydrogen) atoms. The van der Waals surface area contributed by atoms with Crippen LogP contribution >= 0.6 is 0 Å². The SMILES string of the molecule is c1ccc(-c2cc(-c3ccccc3)nc(-c3cccc(-c4ccc5c6c(cccc46)-c4ccccc4O5)c3)c2)cc1. The Kier molecular flexibility index (Phi) is 5.49. The zero-order valence-corrected chi connectivity index (χ0v) is 22.3. The van der Waals surface area contributed by atoms with Crippen LogP contribution in [0.5, 0.6) is 11.5 Å². The number of para-hydroxylation sites is 1. The third-order valence-electron chi connectivity index (χ3n) is 7.87. The molecule has 0 unspecified atom stereocenters. The van der Waals surface area contributed by atoms with Crippen LogP contribution in [0, 0.1) is 0 Å². The Labute approximate surface area is 239 Å². The summed E-state index contributed by atoms with van der Waals surface area (Å²) in [4.78, 5) is 5.15. The molecule has 0 fully saturated rings. The van der Waals surface area contributed by atoms with Gasteiger partial charge in [0.2, 0.25) is 0 Å². The van der Waals surface area contributed by atoms with E-state index in [1.54, 1.807) is 0 Å². The number of benzene rings is 6. The lowest BCUT2D eigenvalue weighted by atomic mass is 9.90. The van der Waals surface area contributed by atoms with Gasteiger partial charge in [-0.2, -0.15) is 0 Å². The van der Waals surface area contributed by atoms with E-state index in [-0.39, 0.29) is 0 Å². The fourth-order valence-corrected chi connectivity index (χ4v) is 5.91. The van der Waals surface area contributed by atoms with Gasteiger partial charge in [0.25, 0.3) is 0 Å². The fraction of sp³-hybridized carbons (Fsp3) is 0. The average Bonchev–Trinajstić information content (AvgIpc) is 3.06. The van der Waals surface area contributed by atoms with Crippen molar-refractivity contribution in [2.75, 3.05) is 0 Å². The molecule has 0 saturated heterocycles. The molecule has 1 aromatic heterocycles. The van der Waals surface area contributed by atoms with Gasteiger partial charge in [-0.15, -0.1) is 0 Å². The molecule has 1 aliphatic rings. The van der Waals surface area contributed by atoms with E-state index >= 15 is 0 Å². The Hall–Kier alpha value is -5.47. The number of rotatable bonds is 4. The monoisotopic (exact) mass is 523 g/mol. The lowest BCUT2D eigenvalue weighted by Crippen LogP contribution is -1.97. The van der Waals surface area contributed by atoms with Crippen LogP contribution in [-0.4, -0.2) is 4.98 Å². The lowest BCUT2D eigenvalue weighted by Gasteiger charge is -2.22. The van der Waals surface area contributed by atoms with Crippen LogP contribution in [0.15, 0.2) is 152 Å². The molecule has 0 amide bonds. The van der Waals surface area contributed by atoms with Gasteiger partial charge < -0.3 is 4.74 Å². The molecule has 0 atom stereocenters. The second-order valence-electron chi connectivity index (χ2n) is 10.4. The van der Waals surface area contributed by atoms with Crippen molar-refractivity contribution in [2.24, 2.45) is 0 Å². The molecule has 7 aromatic rings. The van der Waals surface area contributed by atoms with Gasteiger partial charge in [0, 0.05) is 22.1 Å². The highest BCUT2D eigenvalue weighted by molar-refractivity contribution is 6.10. The number of ether oxygens (including phenoxy) is 1. The van der Waals surface area contributed by atoms with Gasteiger partial charge in [-0.3, -0.25) is 0 Å². The summed E-state index contributed by atoms with van der Waals surface area (Å²) in [6.07, 6.45) is 0. The van der Waals surface area contributed by atoms with E-state index in [0.717, 1.165) is 56.1 Å². The number of pyridine rings is 1. The molecule has 2 heterocycles. The molecule has 8 rings (SSSR count). The molecular formula is C39H25NO. The Balaban J connectivity index is 1.29. The Morgan fingerprint density at radius 2 is 1.00 bits per heavy atom. The summed E-state index contributed by atoms with van der Waals surface area (Å²) in [5, 5.41) is 2.34. The minimum Gasteiger partial charge on any atom is -0.456 e. The van der Waals surface area contributed by atoms with E-state index in [0.29, 0.717) is 0 Å².